The van der Waals surface area contributed by atoms with Crippen molar-refractivity contribution in [2.45, 2.75) is 0 Å². The Morgan fingerprint density at radius 3 is 3.00 bits per heavy atom. The van der Waals surface area contributed by atoms with E-state index in [1.54, 1.807) is 12.1 Å². The number of nitrogens with one attached hydrogen (secondary N) is 1. The molecule has 0 saturated heterocycles. The highest BCUT2D eigenvalue weighted by atomic mass is 19.1. The number of anilines is 1. The van der Waals surface area contributed by atoms with E-state index in [2.05, 4.69) is 15.0 Å². The molecule has 17 heavy (non-hydrogen) atoms. The lowest BCUT2D eigenvalue weighted by Crippen LogP contribution is -2.20. The molecule has 0 radical (unpaired) electrons. The number of benzene rings is 1. The lowest BCUT2D eigenvalue weighted by Gasteiger charge is -2.06. The average Bonchev–Trinajstić information content (AvgIpc) is 2.81. The van der Waals surface area contributed by atoms with Crippen molar-refractivity contribution in [1.82, 2.24) is 5.16 Å². The van der Waals surface area contributed by atoms with Crippen LogP contribution in [0.15, 0.2) is 41.2 Å². The molecule has 0 fully saturated rings. The summed E-state index contributed by atoms with van der Waals surface area (Å²) in [5, 5.41) is 5.89. The summed E-state index contributed by atoms with van der Waals surface area (Å²) in [5.41, 5.74) is 0.423. The molecule has 0 aliphatic rings. The molecule has 0 aliphatic heterocycles. The van der Waals surface area contributed by atoms with Gasteiger partial charge < -0.3 is 14.6 Å². The van der Waals surface area contributed by atoms with Gasteiger partial charge in [0.05, 0.1) is 6.20 Å². The Morgan fingerprint density at radius 1 is 1.47 bits per heavy atom. The number of hydrogen-bond acceptors (Lipinski definition) is 4. The summed E-state index contributed by atoms with van der Waals surface area (Å²) >= 11 is 0. The van der Waals surface area contributed by atoms with Crippen LogP contribution in [0.5, 0.6) is 5.75 Å². The highest BCUT2D eigenvalue weighted by molar-refractivity contribution is 5.91. The van der Waals surface area contributed by atoms with Gasteiger partial charge in [-0.05, 0) is 12.1 Å². The number of rotatable bonds is 4. The van der Waals surface area contributed by atoms with Crippen LogP contribution in [0.1, 0.15) is 0 Å². The number of aromatic nitrogens is 1. The van der Waals surface area contributed by atoms with Gasteiger partial charge in [0.25, 0.3) is 5.91 Å². The molecule has 2 rings (SSSR count). The molecule has 1 amide bonds. The summed E-state index contributed by atoms with van der Waals surface area (Å²) in [4.78, 5) is 11.4. The standard InChI is InChI=1S/C11H9FN2O3/c12-9-3-1-2-4-10(9)16-7-11(15)14-8-5-13-17-6-8/h1-6H,7H2,(H,14,15). The van der Waals surface area contributed by atoms with Crippen molar-refractivity contribution in [1.29, 1.82) is 0 Å². The number of nitrogens with zero attached hydrogens (tertiary/aromatic N) is 1. The highest BCUT2D eigenvalue weighted by Crippen LogP contribution is 2.15. The molecule has 1 aromatic heterocycles. The van der Waals surface area contributed by atoms with Crippen LogP contribution in [0.4, 0.5) is 10.1 Å². The van der Waals surface area contributed by atoms with Gasteiger partial charge in [0, 0.05) is 0 Å². The molecule has 2 aromatic rings. The van der Waals surface area contributed by atoms with Gasteiger partial charge in [-0.25, -0.2) is 4.39 Å². The summed E-state index contributed by atoms with van der Waals surface area (Å²) in [6.07, 6.45) is 2.63. The normalized spacial score (nSPS) is 9.94. The van der Waals surface area contributed by atoms with Crippen molar-refractivity contribution in [3.63, 3.8) is 0 Å². The molecule has 6 heteroatoms. The summed E-state index contributed by atoms with van der Waals surface area (Å²) in [6.45, 7) is -0.286. The van der Waals surface area contributed by atoms with Crippen LogP contribution in [0, 0.1) is 5.82 Å². The van der Waals surface area contributed by atoms with E-state index in [0.717, 1.165) is 0 Å². The van der Waals surface area contributed by atoms with E-state index < -0.39 is 11.7 Å². The van der Waals surface area contributed by atoms with Crippen molar-refractivity contribution < 1.29 is 18.4 Å². The molecule has 1 heterocycles. The second kappa shape index (κ2) is 5.11. The number of halogens is 1. The Bertz CT molecular complexity index is 499. The maximum Gasteiger partial charge on any atom is 0.262 e. The molecular formula is C11H9FN2O3. The minimum absolute atomic E-state index is 0.0352. The molecule has 5 nitrogen and oxygen atoms in total. The van der Waals surface area contributed by atoms with Crippen molar-refractivity contribution in [3.05, 3.63) is 42.5 Å². The third-order valence-corrected chi connectivity index (χ3v) is 1.91. The fraction of sp³-hybridized carbons (Fsp3) is 0.0909. The van der Waals surface area contributed by atoms with Crippen LogP contribution in [0.3, 0.4) is 0 Å². The van der Waals surface area contributed by atoms with Gasteiger partial charge in [0.15, 0.2) is 18.2 Å². The van der Waals surface area contributed by atoms with Gasteiger partial charge in [0.2, 0.25) is 0 Å². The van der Waals surface area contributed by atoms with Gasteiger partial charge in [-0.15, -0.1) is 0 Å². The summed E-state index contributed by atoms with van der Waals surface area (Å²) in [6, 6.07) is 5.87. The molecule has 0 saturated carbocycles. The predicted molar refractivity (Wildman–Crippen MR) is 57.0 cm³/mol. The third kappa shape index (κ3) is 3.04. The Hall–Kier alpha value is -2.37. The number of hydrogen-bond donors (Lipinski definition) is 1. The lowest BCUT2D eigenvalue weighted by atomic mass is 10.3. The molecule has 1 aromatic carbocycles. The van der Waals surface area contributed by atoms with Gasteiger partial charge >= 0.3 is 0 Å². The van der Waals surface area contributed by atoms with E-state index >= 15 is 0 Å². The quantitative estimate of drug-likeness (QED) is 0.879. The summed E-state index contributed by atoms with van der Waals surface area (Å²) < 4.78 is 22.7. The molecule has 0 unspecified atom stereocenters. The SMILES string of the molecule is O=C(COc1ccccc1F)Nc1cnoc1. The molecule has 0 bridgehead atoms. The first-order chi connectivity index (χ1) is 8.25. The van der Waals surface area contributed by atoms with E-state index in [-0.39, 0.29) is 12.4 Å². The van der Waals surface area contributed by atoms with Gasteiger partial charge in [-0.3, -0.25) is 4.79 Å². The number of ether oxygens (including phenoxy) is 1. The van der Waals surface area contributed by atoms with Crippen LogP contribution in [0.25, 0.3) is 0 Å². The first kappa shape index (κ1) is 11.1. The fourth-order valence-electron chi connectivity index (χ4n) is 1.17. The number of carbonyl (C=O) groups excluding carboxylic acids is 1. The van der Waals surface area contributed by atoms with Crippen LogP contribution in [-0.2, 0) is 4.79 Å². The number of carbonyl (C=O) groups is 1. The van der Waals surface area contributed by atoms with E-state index in [1.165, 1.54) is 24.6 Å². The fourth-order valence-corrected chi connectivity index (χ4v) is 1.17. The topological polar surface area (TPSA) is 64.4 Å². The third-order valence-electron chi connectivity index (χ3n) is 1.91. The van der Waals surface area contributed by atoms with Crippen molar-refractivity contribution in [3.8, 4) is 5.75 Å². The van der Waals surface area contributed by atoms with Crippen LogP contribution >= 0.6 is 0 Å². The monoisotopic (exact) mass is 236 g/mol. The lowest BCUT2D eigenvalue weighted by molar-refractivity contribution is -0.118. The van der Waals surface area contributed by atoms with Crippen molar-refractivity contribution in [2.24, 2.45) is 0 Å². The van der Waals surface area contributed by atoms with Crippen LogP contribution in [0.2, 0.25) is 0 Å². The first-order valence-electron chi connectivity index (χ1n) is 4.82. The average molecular weight is 236 g/mol. The Kier molecular flexibility index (Phi) is 3.34. The summed E-state index contributed by atoms with van der Waals surface area (Å²) in [7, 11) is 0. The Labute approximate surface area is 96.2 Å². The minimum atomic E-state index is -0.509. The second-order valence-corrected chi connectivity index (χ2v) is 3.18. The maximum absolute atomic E-state index is 13.1. The van der Waals surface area contributed by atoms with Crippen molar-refractivity contribution in [2.75, 3.05) is 11.9 Å². The van der Waals surface area contributed by atoms with Gasteiger partial charge in [-0.1, -0.05) is 17.3 Å². The van der Waals surface area contributed by atoms with E-state index in [1.807, 2.05) is 0 Å². The van der Waals surface area contributed by atoms with Crippen LogP contribution in [-0.4, -0.2) is 17.7 Å². The summed E-state index contributed by atoms with van der Waals surface area (Å²) in [5.74, 6) is -0.894. The zero-order valence-electron chi connectivity index (χ0n) is 8.72. The predicted octanol–water partition coefficient (Wildman–Crippen LogP) is 1.83. The molecule has 0 atom stereocenters. The molecule has 88 valence electrons. The van der Waals surface area contributed by atoms with Crippen LogP contribution < -0.4 is 10.1 Å². The maximum atomic E-state index is 13.1. The van der Waals surface area contributed by atoms with Gasteiger partial charge in [0.1, 0.15) is 12.0 Å². The molecule has 1 N–H and O–H groups in total. The Balaban J connectivity index is 1.86. The highest BCUT2D eigenvalue weighted by Gasteiger charge is 2.07. The van der Waals surface area contributed by atoms with E-state index in [9.17, 15) is 9.18 Å². The molecule has 0 spiro atoms. The van der Waals surface area contributed by atoms with Crippen molar-refractivity contribution >= 4 is 11.6 Å². The van der Waals surface area contributed by atoms with Gasteiger partial charge in [-0.2, -0.15) is 0 Å². The zero-order chi connectivity index (χ0) is 12.1. The number of para-hydroxylation sites is 1. The second-order valence-electron chi connectivity index (χ2n) is 3.18. The zero-order valence-corrected chi connectivity index (χ0v) is 8.72. The first-order valence-corrected chi connectivity index (χ1v) is 4.82. The Morgan fingerprint density at radius 2 is 2.29 bits per heavy atom. The van der Waals surface area contributed by atoms with E-state index in [4.69, 9.17) is 4.74 Å². The molecule has 0 aliphatic carbocycles. The smallest absolute Gasteiger partial charge is 0.262 e. The minimum Gasteiger partial charge on any atom is -0.481 e. The number of amides is 1. The largest absolute Gasteiger partial charge is 0.481 e. The van der Waals surface area contributed by atoms with E-state index in [0.29, 0.717) is 5.69 Å². The molecular weight excluding hydrogens is 227 g/mol.